The fourth-order valence-corrected chi connectivity index (χ4v) is 0.480. The number of rotatable bonds is 5. The summed E-state index contributed by atoms with van der Waals surface area (Å²) in [6.45, 7) is 6.64. The Morgan fingerprint density at radius 2 is 2.40 bits per heavy atom. The zero-order valence-corrected chi connectivity index (χ0v) is 6.35. The zero-order chi connectivity index (χ0) is 7.82. The van der Waals surface area contributed by atoms with Gasteiger partial charge in [0.2, 0.25) is 5.91 Å². The summed E-state index contributed by atoms with van der Waals surface area (Å²) in [5.41, 5.74) is 0. The lowest BCUT2D eigenvalue weighted by atomic mass is 10.5. The molecule has 1 amide bonds. The van der Waals surface area contributed by atoms with Crippen molar-refractivity contribution in [2.24, 2.45) is 0 Å². The van der Waals surface area contributed by atoms with Crippen molar-refractivity contribution in [2.45, 2.75) is 13.3 Å². The fraction of sp³-hybridized carbons (Fsp3) is 0.714. The first-order valence-electron chi connectivity index (χ1n) is 3.45. The molecular weight excluding hydrogens is 130 g/mol. The number of ether oxygens (including phenoxy) is 1. The number of hydrogen-bond acceptors (Lipinski definition) is 2. The Morgan fingerprint density at radius 3 is 2.90 bits per heavy atom. The van der Waals surface area contributed by atoms with Crippen LogP contribution in [0.4, 0.5) is 0 Å². The Kier molecular flexibility index (Phi) is 6.18. The molecule has 1 radical (unpaired) electrons. The molecular formula is C7H14NO2. The maximum Gasteiger partial charge on any atom is 0.245 e. The Morgan fingerprint density at radius 1 is 1.70 bits per heavy atom. The highest BCUT2D eigenvalue weighted by Gasteiger charge is 1.96. The van der Waals surface area contributed by atoms with E-state index in [2.05, 4.69) is 12.2 Å². The molecule has 0 saturated heterocycles. The standard InChI is InChI=1S/C7H14NO2/c1-3-5-8-7(9)6-10-4-2/h2-6H2,1H3,(H,8,9). The van der Waals surface area contributed by atoms with Crippen LogP contribution < -0.4 is 5.32 Å². The number of hydrogen-bond donors (Lipinski definition) is 1. The van der Waals surface area contributed by atoms with E-state index < -0.39 is 0 Å². The molecule has 0 bridgehead atoms. The van der Waals surface area contributed by atoms with E-state index in [4.69, 9.17) is 4.74 Å². The topological polar surface area (TPSA) is 38.3 Å². The predicted octanol–water partition coefficient (Wildman–Crippen LogP) is 0.363. The Bertz CT molecular complexity index is 83.6. The molecule has 1 N–H and O–H groups in total. The van der Waals surface area contributed by atoms with Gasteiger partial charge in [0.15, 0.2) is 0 Å². The van der Waals surface area contributed by atoms with E-state index in [9.17, 15) is 4.79 Å². The van der Waals surface area contributed by atoms with Crippen LogP contribution in [0.15, 0.2) is 0 Å². The van der Waals surface area contributed by atoms with Crippen molar-refractivity contribution < 1.29 is 9.53 Å². The summed E-state index contributed by atoms with van der Waals surface area (Å²) in [6.07, 6.45) is 0.954. The lowest BCUT2D eigenvalue weighted by molar-refractivity contribution is -0.125. The summed E-state index contributed by atoms with van der Waals surface area (Å²) in [5.74, 6) is -0.0644. The number of carbonyl (C=O) groups is 1. The van der Waals surface area contributed by atoms with E-state index in [0.29, 0.717) is 6.61 Å². The van der Waals surface area contributed by atoms with Crippen molar-refractivity contribution in [2.75, 3.05) is 19.8 Å². The molecule has 0 aromatic heterocycles. The van der Waals surface area contributed by atoms with Gasteiger partial charge in [0, 0.05) is 13.2 Å². The van der Waals surface area contributed by atoms with Crippen LogP contribution in [0.2, 0.25) is 0 Å². The van der Waals surface area contributed by atoms with E-state index in [1.54, 1.807) is 0 Å². The van der Waals surface area contributed by atoms with Crippen LogP contribution in [0, 0.1) is 6.92 Å². The summed E-state index contributed by atoms with van der Waals surface area (Å²) in [7, 11) is 0. The highest BCUT2D eigenvalue weighted by Crippen LogP contribution is 1.74. The smallest absolute Gasteiger partial charge is 0.245 e. The van der Waals surface area contributed by atoms with Crippen molar-refractivity contribution in [3.63, 3.8) is 0 Å². The number of amides is 1. The van der Waals surface area contributed by atoms with Crippen LogP contribution in [-0.4, -0.2) is 25.7 Å². The molecule has 0 atom stereocenters. The van der Waals surface area contributed by atoms with Crippen molar-refractivity contribution in [3.05, 3.63) is 6.92 Å². The van der Waals surface area contributed by atoms with Crippen LogP contribution in [0.1, 0.15) is 13.3 Å². The van der Waals surface area contributed by atoms with E-state index in [0.717, 1.165) is 13.0 Å². The van der Waals surface area contributed by atoms with Gasteiger partial charge in [-0.05, 0) is 13.3 Å². The number of nitrogens with one attached hydrogen (secondary N) is 1. The summed E-state index contributed by atoms with van der Waals surface area (Å²) in [4.78, 5) is 10.7. The highest BCUT2D eigenvalue weighted by atomic mass is 16.5. The Labute approximate surface area is 61.8 Å². The third-order valence-electron chi connectivity index (χ3n) is 0.950. The molecule has 59 valence electrons. The molecule has 0 fully saturated rings. The SMILES string of the molecule is [CH2]COCC(=O)NCCC. The second kappa shape index (κ2) is 6.55. The summed E-state index contributed by atoms with van der Waals surface area (Å²) < 4.78 is 4.77. The molecule has 0 aliphatic rings. The minimum Gasteiger partial charge on any atom is -0.372 e. The molecule has 0 aromatic carbocycles. The lowest BCUT2D eigenvalue weighted by Gasteiger charge is -2.01. The number of carbonyl (C=O) groups excluding carboxylic acids is 1. The third-order valence-corrected chi connectivity index (χ3v) is 0.950. The van der Waals surface area contributed by atoms with Gasteiger partial charge >= 0.3 is 0 Å². The zero-order valence-electron chi connectivity index (χ0n) is 6.35. The minimum absolute atomic E-state index is 0.0644. The molecule has 0 aliphatic carbocycles. The van der Waals surface area contributed by atoms with Crippen molar-refractivity contribution in [3.8, 4) is 0 Å². The molecule has 0 spiro atoms. The van der Waals surface area contributed by atoms with Gasteiger partial charge in [-0.15, -0.1) is 0 Å². The van der Waals surface area contributed by atoms with Gasteiger partial charge in [0.1, 0.15) is 6.61 Å². The van der Waals surface area contributed by atoms with Crippen LogP contribution in [0.5, 0.6) is 0 Å². The molecule has 0 unspecified atom stereocenters. The fourth-order valence-electron chi connectivity index (χ4n) is 0.480. The summed E-state index contributed by atoms with van der Waals surface area (Å²) in [6, 6.07) is 0. The van der Waals surface area contributed by atoms with Gasteiger partial charge in [-0.25, -0.2) is 0 Å². The van der Waals surface area contributed by atoms with Gasteiger partial charge in [-0.1, -0.05) is 6.92 Å². The largest absolute Gasteiger partial charge is 0.372 e. The molecule has 10 heavy (non-hydrogen) atoms. The van der Waals surface area contributed by atoms with E-state index in [1.807, 2.05) is 6.92 Å². The molecule has 3 nitrogen and oxygen atoms in total. The van der Waals surface area contributed by atoms with Gasteiger partial charge in [-0.2, -0.15) is 0 Å². The Balaban J connectivity index is 3.09. The molecule has 0 rings (SSSR count). The second-order valence-electron chi connectivity index (χ2n) is 1.90. The van der Waals surface area contributed by atoms with Crippen LogP contribution >= 0.6 is 0 Å². The van der Waals surface area contributed by atoms with Crippen molar-refractivity contribution in [1.29, 1.82) is 0 Å². The normalized spacial score (nSPS) is 9.40. The molecule has 0 aliphatic heterocycles. The van der Waals surface area contributed by atoms with Gasteiger partial charge < -0.3 is 10.1 Å². The third kappa shape index (κ3) is 5.56. The van der Waals surface area contributed by atoms with E-state index >= 15 is 0 Å². The van der Waals surface area contributed by atoms with Gasteiger partial charge in [0.05, 0.1) is 0 Å². The average Bonchev–Trinajstić information content (AvgIpc) is 1.97. The molecule has 0 heterocycles. The van der Waals surface area contributed by atoms with Crippen LogP contribution in [0.3, 0.4) is 0 Å². The highest BCUT2D eigenvalue weighted by molar-refractivity contribution is 5.77. The Hall–Kier alpha value is -0.570. The van der Waals surface area contributed by atoms with Gasteiger partial charge in [0.25, 0.3) is 0 Å². The van der Waals surface area contributed by atoms with E-state index in [-0.39, 0.29) is 12.5 Å². The lowest BCUT2D eigenvalue weighted by Crippen LogP contribution is -2.28. The predicted molar refractivity (Wildman–Crippen MR) is 39.5 cm³/mol. The first-order valence-corrected chi connectivity index (χ1v) is 3.45. The van der Waals surface area contributed by atoms with Crippen molar-refractivity contribution in [1.82, 2.24) is 5.32 Å². The van der Waals surface area contributed by atoms with Crippen molar-refractivity contribution >= 4 is 5.91 Å². The maximum atomic E-state index is 10.7. The monoisotopic (exact) mass is 144 g/mol. The quantitative estimate of drug-likeness (QED) is 0.605. The summed E-state index contributed by atoms with van der Waals surface area (Å²) >= 11 is 0. The molecule has 3 heteroatoms. The van der Waals surface area contributed by atoms with Gasteiger partial charge in [-0.3, -0.25) is 4.79 Å². The summed E-state index contributed by atoms with van der Waals surface area (Å²) in [5, 5.41) is 2.68. The first-order chi connectivity index (χ1) is 4.81. The van der Waals surface area contributed by atoms with E-state index in [1.165, 1.54) is 0 Å². The van der Waals surface area contributed by atoms with Crippen LogP contribution in [0.25, 0.3) is 0 Å². The second-order valence-corrected chi connectivity index (χ2v) is 1.90. The van der Waals surface area contributed by atoms with Crippen LogP contribution in [-0.2, 0) is 9.53 Å². The molecule has 0 saturated carbocycles. The molecule has 0 aromatic rings. The average molecular weight is 144 g/mol. The minimum atomic E-state index is -0.0644. The maximum absolute atomic E-state index is 10.7. The first kappa shape index (κ1) is 9.43.